The Morgan fingerprint density at radius 2 is 2.27 bits per heavy atom. The van der Waals surface area contributed by atoms with E-state index in [4.69, 9.17) is 11.6 Å². The highest BCUT2D eigenvalue weighted by Gasteiger charge is 2.03. The Labute approximate surface area is 103 Å². The average Bonchev–Trinajstić information content (AvgIpc) is 2.21. The zero-order valence-corrected chi connectivity index (χ0v) is 10.8. The minimum absolute atomic E-state index is 0.178. The molecule has 4 heteroatoms. The Balaban J connectivity index is 2.47. The van der Waals surface area contributed by atoms with Crippen molar-refractivity contribution in [3.63, 3.8) is 0 Å². The average molecular weight is 292 g/mol. The predicted molar refractivity (Wildman–Crippen MR) is 64.1 cm³/mol. The van der Waals surface area contributed by atoms with Crippen LogP contribution in [-0.2, 0) is 16.0 Å². The molecule has 0 heterocycles. The first-order chi connectivity index (χ1) is 7.13. The van der Waals surface area contributed by atoms with E-state index in [1.807, 2.05) is 18.2 Å². The third kappa shape index (κ3) is 4.22. The number of halogens is 2. The number of aryl methyl sites for hydroxylation is 1. The summed E-state index contributed by atoms with van der Waals surface area (Å²) >= 11 is 9.37. The predicted octanol–water partition coefficient (Wildman–Crippen LogP) is 3.60. The van der Waals surface area contributed by atoms with Crippen molar-refractivity contribution in [1.29, 1.82) is 0 Å². The van der Waals surface area contributed by atoms with Crippen LogP contribution < -0.4 is 0 Å². The van der Waals surface area contributed by atoms with Gasteiger partial charge in [0.1, 0.15) is 0 Å². The summed E-state index contributed by atoms with van der Waals surface area (Å²) in [5.74, 6) is -0.178. The van der Waals surface area contributed by atoms with Gasteiger partial charge in [0.2, 0.25) is 0 Å². The van der Waals surface area contributed by atoms with Gasteiger partial charge in [-0.05, 0) is 30.5 Å². The molecule has 0 spiro atoms. The molecule has 82 valence electrons. The second kappa shape index (κ2) is 6.13. The van der Waals surface area contributed by atoms with Crippen LogP contribution in [0.2, 0.25) is 5.02 Å². The molecule has 1 aromatic rings. The van der Waals surface area contributed by atoms with Crippen molar-refractivity contribution in [2.45, 2.75) is 19.3 Å². The van der Waals surface area contributed by atoms with Gasteiger partial charge in [-0.2, -0.15) is 0 Å². The molecule has 1 rings (SSSR count). The smallest absolute Gasteiger partial charge is 0.305 e. The van der Waals surface area contributed by atoms with Gasteiger partial charge in [0.05, 0.1) is 7.11 Å². The molecule has 0 unspecified atom stereocenters. The minimum Gasteiger partial charge on any atom is -0.469 e. The summed E-state index contributed by atoms with van der Waals surface area (Å²) in [6, 6.07) is 5.76. The minimum atomic E-state index is -0.178. The molecule has 0 fully saturated rings. The summed E-state index contributed by atoms with van der Waals surface area (Å²) in [6.07, 6.45) is 1.98. The molecule has 0 atom stereocenters. The molecule has 0 saturated heterocycles. The van der Waals surface area contributed by atoms with E-state index in [9.17, 15) is 4.79 Å². The van der Waals surface area contributed by atoms with Crippen LogP contribution in [0.4, 0.5) is 0 Å². The third-order valence-corrected chi connectivity index (χ3v) is 2.91. The van der Waals surface area contributed by atoms with Crippen LogP contribution in [0.5, 0.6) is 0 Å². The highest BCUT2D eigenvalue weighted by molar-refractivity contribution is 9.10. The van der Waals surface area contributed by atoms with Crippen LogP contribution in [0.25, 0.3) is 0 Å². The maximum atomic E-state index is 10.9. The molecule has 15 heavy (non-hydrogen) atoms. The van der Waals surface area contributed by atoms with E-state index in [0.717, 1.165) is 27.9 Å². The molecule has 0 aromatic heterocycles. The van der Waals surface area contributed by atoms with Gasteiger partial charge in [-0.25, -0.2) is 0 Å². The van der Waals surface area contributed by atoms with Crippen molar-refractivity contribution in [3.8, 4) is 0 Å². The van der Waals surface area contributed by atoms with Crippen LogP contribution >= 0.6 is 27.5 Å². The number of methoxy groups -OCH3 is 1. The molecular formula is C11H12BrClO2. The molecule has 0 aliphatic carbocycles. The first-order valence-electron chi connectivity index (χ1n) is 4.64. The maximum Gasteiger partial charge on any atom is 0.305 e. The van der Waals surface area contributed by atoms with Crippen molar-refractivity contribution in [2.75, 3.05) is 7.11 Å². The third-order valence-electron chi connectivity index (χ3n) is 2.07. The van der Waals surface area contributed by atoms with Gasteiger partial charge in [-0.1, -0.05) is 33.6 Å². The number of hydrogen-bond donors (Lipinski definition) is 0. The molecule has 0 N–H and O–H groups in total. The Kier molecular flexibility index (Phi) is 5.12. The zero-order chi connectivity index (χ0) is 11.3. The number of rotatable bonds is 4. The fraction of sp³-hybridized carbons (Fsp3) is 0.364. The van der Waals surface area contributed by atoms with Crippen LogP contribution in [0, 0.1) is 0 Å². The van der Waals surface area contributed by atoms with E-state index in [1.54, 1.807) is 0 Å². The lowest BCUT2D eigenvalue weighted by Crippen LogP contribution is -2.00. The van der Waals surface area contributed by atoms with E-state index >= 15 is 0 Å². The van der Waals surface area contributed by atoms with Crippen LogP contribution in [-0.4, -0.2) is 13.1 Å². The Hall–Kier alpha value is -0.540. The lowest BCUT2D eigenvalue weighted by molar-refractivity contribution is -0.140. The van der Waals surface area contributed by atoms with Crippen molar-refractivity contribution in [2.24, 2.45) is 0 Å². The Bertz CT molecular complexity index is 352. The van der Waals surface area contributed by atoms with Gasteiger partial charge in [0.15, 0.2) is 0 Å². The zero-order valence-electron chi connectivity index (χ0n) is 8.43. The Morgan fingerprint density at radius 3 is 2.87 bits per heavy atom. The summed E-state index contributed by atoms with van der Waals surface area (Å²) in [4.78, 5) is 10.9. The van der Waals surface area contributed by atoms with Crippen molar-refractivity contribution in [3.05, 3.63) is 33.3 Å². The molecule has 0 bridgehead atoms. The van der Waals surface area contributed by atoms with E-state index in [2.05, 4.69) is 20.7 Å². The molecule has 0 radical (unpaired) electrons. The molecule has 0 aliphatic rings. The summed E-state index contributed by atoms with van der Waals surface area (Å²) in [5, 5.41) is 0.731. The van der Waals surface area contributed by atoms with E-state index in [1.165, 1.54) is 7.11 Å². The first-order valence-corrected chi connectivity index (χ1v) is 5.81. The highest BCUT2D eigenvalue weighted by Crippen LogP contribution is 2.22. The maximum absolute atomic E-state index is 10.9. The van der Waals surface area contributed by atoms with Gasteiger partial charge in [-0.15, -0.1) is 0 Å². The van der Waals surface area contributed by atoms with Crippen LogP contribution in [0.1, 0.15) is 18.4 Å². The largest absolute Gasteiger partial charge is 0.469 e. The quantitative estimate of drug-likeness (QED) is 0.792. The number of esters is 1. The van der Waals surface area contributed by atoms with Gasteiger partial charge < -0.3 is 4.74 Å². The number of ether oxygens (including phenoxy) is 1. The van der Waals surface area contributed by atoms with E-state index in [-0.39, 0.29) is 5.97 Å². The standard InChI is InChI=1S/C11H12BrClO2/c1-15-11(14)4-2-3-8-5-6-9(12)7-10(8)13/h5-7H,2-4H2,1H3. The first kappa shape index (κ1) is 12.5. The SMILES string of the molecule is COC(=O)CCCc1ccc(Br)cc1Cl. The van der Waals surface area contributed by atoms with E-state index < -0.39 is 0 Å². The number of benzene rings is 1. The molecular weight excluding hydrogens is 279 g/mol. The van der Waals surface area contributed by atoms with Crippen LogP contribution in [0.3, 0.4) is 0 Å². The van der Waals surface area contributed by atoms with Gasteiger partial charge in [0, 0.05) is 15.9 Å². The number of carbonyl (C=O) groups is 1. The summed E-state index contributed by atoms with van der Waals surface area (Å²) in [7, 11) is 1.40. The van der Waals surface area contributed by atoms with Gasteiger partial charge in [0.25, 0.3) is 0 Å². The lowest BCUT2D eigenvalue weighted by atomic mass is 10.1. The van der Waals surface area contributed by atoms with Gasteiger partial charge >= 0.3 is 5.97 Å². The van der Waals surface area contributed by atoms with Gasteiger partial charge in [-0.3, -0.25) is 4.79 Å². The molecule has 2 nitrogen and oxygen atoms in total. The van der Waals surface area contributed by atoms with Crippen molar-refractivity contribution < 1.29 is 9.53 Å². The monoisotopic (exact) mass is 290 g/mol. The molecule has 0 saturated carbocycles. The van der Waals surface area contributed by atoms with Crippen LogP contribution in [0.15, 0.2) is 22.7 Å². The normalized spacial score (nSPS) is 10.1. The molecule has 0 aliphatic heterocycles. The summed E-state index contributed by atoms with van der Waals surface area (Å²) in [6.45, 7) is 0. The molecule has 0 amide bonds. The lowest BCUT2D eigenvalue weighted by Gasteiger charge is -2.04. The summed E-state index contributed by atoms with van der Waals surface area (Å²) < 4.78 is 5.52. The van der Waals surface area contributed by atoms with Crippen molar-refractivity contribution in [1.82, 2.24) is 0 Å². The Morgan fingerprint density at radius 1 is 1.53 bits per heavy atom. The van der Waals surface area contributed by atoms with E-state index in [0.29, 0.717) is 6.42 Å². The second-order valence-corrected chi connectivity index (χ2v) is 4.49. The highest BCUT2D eigenvalue weighted by atomic mass is 79.9. The topological polar surface area (TPSA) is 26.3 Å². The fourth-order valence-corrected chi connectivity index (χ4v) is 2.02. The second-order valence-electron chi connectivity index (χ2n) is 3.17. The number of hydrogen-bond acceptors (Lipinski definition) is 2. The summed E-state index contributed by atoms with van der Waals surface area (Å²) in [5.41, 5.74) is 1.06. The number of carbonyl (C=O) groups excluding carboxylic acids is 1. The fourth-order valence-electron chi connectivity index (χ4n) is 1.25. The van der Waals surface area contributed by atoms with Crippen molar-refractivity contribution >= 4 is 33.5 Å². The molecule has 1 aromatic carbocycles.